The van der Waals surface area contributed by atoms with Gasteiger partial charge in [0.25, 0.3) is 0 Å². The molecule has 0 radical (unpaired) electrons. The van der Waals surface area contributed by atoms with E-state index in [1.54, 1.807) is 23.0 Å². The molecule has 0 saturated carbocycles. The van der Waals surface area contributed by atoms with E-state index >= 15 is 0 Å². The number of aromatic nitrogens is 4. The van der Waals surface area contributed by atoms with Gasteiger partial charge in [-0.2, -0.15) is 5.10 Å². The average molecular weight is 427 g/mol. The summed E-state index contributed by atoms with van der Waals surface area (Å²) >= 11 is 0. The Labute approximate surface area is 177 Å². The van der Waals surface area contributed by atoms with E-state index in [2.05, 4.69) is 15.4 Å². The summed E-state index contributed by atoms with van der Waals surface area (Å²) in [6, 6.07) is 7.54. The number of aliphatic hydroxyl groups excluding tert-OH is 1. The number of aliphatic hydroxyl groups is 1. The zero-order valence-electron chi connectivity index (χ0n) is 17.0. The maximum atomic E-state index is 13.8. The van der Waals surface area contributed by atoms with Gasteiger partial charge in [-0.05, 0) is 37.3 Å². The number of anilines is 1. The van der Waals surface area contributed by atoms with Crippen LogP contribution in [0.1, 0.15) is 18.5 Å². The second-order valence-corrected chi connectivity index (χ2v) is 7.09. The second kappa shape index (κ2) is 9.13. The zero-order chi connectivity index (χ0) is 21.8. The Morgan fingerprint density at radius 2 is 2.10 bits per heavy atom. The smallest absolute Gasteiger partial charge is 0.165 e. The number of ether oxygens (including phenoxy) is 1. The minimum Gasteiger partial charge on any atom is -0.490 e. The van der Waals surface area contributed by atoms with E-state index in [1.165, 1.54) is 18.2 Å². The highest BCUT2D eigenvalue weighted by atomic mass is 19.1. The molecule has 0 aliphatic carbocycles. The van der Waals surface area contributed by atoms with Crippen LogP contribution < -0.4 is 10.1 Å². The maximum absolute atomic E-state index is 13.8. The van der Waals surface area contributed by atoms with Crippen LogP contribution in [-0.4, -0.2) is 44.2 Å². The summed E-state index contributed by atoms with van der Waals surface area (Å²) in [5.74, 6) is 0.609. The van der Waals surface area contributed by atoms with Crippen LogP contribution >= 0.6 is 0 Å². The van der Waals surface area contributed by atoms with Crippen LogP contribution in [0.15, 0.2) is 55.1 Å². The number of halogens is 2. The molecule has 1 atom stereocenters. The fourth-order valence-corrected chi connectivity index (χ4v) is 3.44. The molecule has 0 fully saturated rings. The lowest BCUT2D eigenvalue weighted by Crippen LogP contribution is -2.11. The topological polar surface area (TPSA) is 76.6 Å². The first kappa shape index (κ1) is 20.8. The molecule has 162 valence electrons. The third-order valence-corrected chi connectivity index (χ3v) is 4.93. The Bertz CT molecular complexity index is 1170. The minimum atomic E-state index is -0.624. The quantitative estimate of drug-likeness (QED) is 0.424. The predicted molar refractivity (Wildman–Crippen MR) is 113 cm³/mol. The molecule has 0 spiro atoms. The van der Waals surface area contributed by atoms with Crippen molar-refractivity contribution in [3.05, 3.63) is 66.5 Å². The summed E-state index contributed by atoms with van der Waals surface area (Å²) in [5, 5.41) is 16.7. The molecule has 3 aromatic heterocycles. The lowest BCUT2D eigenvalue weighted by atomic mass is 10.1. The van der Waals surface area contributed by atoms with Gasteiger partial charge in [0.2, 0.25) is 0 Å². The van der Waals surface area contributed by atoms with Crippen molar-refractivity contribution in [3.8, 4) is 16.9 Å². The van der Waals surface area contributed by atoms with E-state index in [-0.39, 0.29) is 19.3 Å². The minimum absolute atomic E-state index is 0.0597. The molecule has 4 rings (SSSR count). The number of hydrogen-bond acceptors (Lipinski definition) is 5. The summed E-state index contributed by atoms with van der Waals surface area (Å²) in [7, 11) is 0. The van der Waals surface area contributed by atoms with Gasteiger partial charge in [-0.15, -0.1) is 0 Å². The molecule has 31 heavy (non-hydrogen) atoms. The van der Waals surface area contributed by atoms with Crippen LogP contribution in [0, 0.1) is 5.82 Å². The van der Waals surface area contributed by atoms with Gasteiger partial charge < -0.3 is 19.7 Å². The average Bonchev–Trinajstić information content (AvgIpc) is 3.39. The zero-order valence-corrected chi connectivity index (χ0v) is 17.0. The number of nitrogens with one attached hydrogen (secondary N) is 1. The SMILES string of the molecule is CC(Nc1ccn2ncc(-c3ccn(CCO)c3)c2n1)c1cc(F)ccc1OCCF. The molecule has 0 bridgehead atoms. The first-order chi connectivity index (χ1) is 15.1. The van der Waals surface area contributed by atoms with E-state index in [0.29, 0.717) is 29.3 Å². The lowest BCUT2D eigenvalue weighted by molar-refractivity contribution is 0.270. The summed E-state index contributed by atoms with van der Waals surface area (Å²) in [6.07, 6.45) is 7.35. The van der Waals surface area contributed by atoms with Crippen molar-refractivity contribution >= 4 is 11.5 Å². The largest absolute Gasteiger partial charge is 0.490 e. The van der Waals surface area contributed by atoms with Gasteiger partial charge in [-0.1, -0.05) is 0 Å². The molecule has 7 nitrogen and oxygen atoms in total. The van der Waals surface area contributed by atoms with Crippen molar-refractivity contribution in [1.29, 1.82) is 0 Å². The van der Waals surface area contributed by atoms with E-state index in [1.807, 2.05) is 30.0 Å². The number of rotatable bonds is 9. The van der Waals surface area contributed by atoms with Crippen molar-refractivity contribution in [2.24, 2.45) is 0 Å². The van der Waals surface area contributed by atoms with Crippen molar-refractivity contribution < 1.29 is 18.6 Å². The van der Waals surface area contributed by atoms with E-state index < -0.39 is 12.5 Å². The molecule has 1 unspecified atom stereocenters. The molecule has 4 aromatic rings. The number of alkyl halides is 1. The Morgan fingerprint density at radius 3 is 2.90 bits per heavy atom. The van der Waals surface area contributed by atoms with Gasteiger partial charge in [0.1, 0.15) is 30.7 Å². The second-order valence-electron chi connectivity index (χ2n) is 7.09. The van der Waals surface area contributed by atoms with E-state index in [9.17, 15) is 8.78 Å². The first-order valence-corrected chi connectivity index (χ1v) is 9.95. The van der Waals surface area contributed by atoms with Crippen LogP contribution in [0.3, 0.4) is 0 Å². The Kier molecular flexibility index (Phi) is 6.13. The fraction of sp³-hybridized carbons (Fsp3) is 0.273. The monoisotopic (exact) mass is 427 g/mol. The molecular weight excluding hydrogens is 404 g/mol. The van der Waals surface area contributed by atoms with E-state index in [4.69, 9.17) is 9.84 Å². The van der Waals surface area contributed by atoms with Gasteiger partial charge >= 0.3 is 0 Å². The molecule has 0 aliphatic heterocycles. The number of benzene rings is 1. The number of nitrogens with zero attached hydrogens (tertiary/aromatic N) is 4. The van der Waals surface area contributed by atoms with Crippen LogP contribution in [0.25, 0.3) is 16.8 Å². The van der Waals surface area contributed by atoms with Crippen LogP contribution in [-0.2, 0) is 6.54 Å². The highest BCUT2D eigenvalue weighted by molar-refractivity contribution is 5.77. The van der Waals surface area contributed by atoms with Gasteiger partial charge in [-0.25, -0.2) is 18.3 Å². The predicted octanol–water partition coefficient (Wildman–Crippen LogP) is 3.85. The third-order valence-electron chi connectivity index (χ3n) is 4.93. The van der Waals surface area contributed by atoms with Crippen molar-refractivity contribution in [3.63, 3.8) is 0 Å². The van der Waals surface area contributed by atoms with Gasteiger partial charge in [-0.3, -0.25) is 0 Å². The van der Waals surface area contributed by atoms with Crippen molar-refractivity contribution in [2.45, 2.75) is 19.5 Å². The van der Waals surface area contributed by atoms with E-state index in [0.717, 1.165) is 11.1 Å². The molecule has 0 amide bonds. The first-order valence-electron chi connectivity index (χ1n) is 9.95. The van der Waals surface area contributed by atoms with Crippen LogP contribution in [0.4, 0.5) is 14.6 Å². The number of fused-ring (bicyclic) bond motifs is 1. The Morgan fingerprint density at radius 1 is 1.23 bits per heavy atom. The number of hydrogen-bond donors (Lipinski definition) is 2. The Hall–Kier alpha value is -3.46. The van der Waals surface area contributed by atoms with Gasteiger partial charge in [0, 0.05) is 41.8 Å². The molecule has 3 heterocycles. The highest BCUT2D eigenvalue weighted by Crippen LogP contribution is 2.29. The fourth-order valence-electron chi connectivity index (χ4n) is 3.44. The molecule has 9 heteroatoms. The molecule has 0 saturated heterocycles. The van der Waals surface area contributed by atoms with Gasteiger partial charge in [0.15, 0.2) is 5.65 Å². The molecule has 0 aliphatic rings. The normalized spacial score (nSPS) is 12.3. The standard InChI is InChI=1S/C22H23F2N5O2/c1-15(18-12-17(24)2-3-20(18)31-11-6-23)26-21-5-8-29-22(27-21)19(13-25-29)16-4-7-28(14-16)9-10-30/h2-5,7-8,12-15,30H,6,9-11H2,1H3,(H,26,27). The molecular formula is C22H23F2N5O2. The highest BCUT2D eigenvalue weighted by Gasteiger charge is 2.15. The third kappa shape index (κ3) is 4.51. The molecule has 2 N–H and O–H groups in total. The summed E-state index contributed by atoms with van der Waals surface area (Å²) in [4.78, 5) is 4.68. The molecule has 1 aromatic carbocycles. The Balaban J connectivity index is 1.61. The summed E-state index contributed by atoms with van der Waals surface area (Å²) < 4.78 is 35.3. The van der Waals surface area contributed by atoms with Crippen LogP contribution in [0.5, 0.6) is 5.75 Å². The van der Waals surface area contributed by atoms with Gasteiger partial charge in [0.05, 0.1) is 18.8 Å². The lowest BCUT2D eigenvalue weighted by Gasteiger charge is -2.19. The van der Waals surface area contributed by atoms with Crippen molar-refractivity contribution in [2.75, 3.05) is 25.2 Å². The summed E-state index contributed by atoms with van der Waals surface area (Å²) in [5.41, 5.74) is 3.02. The maximum Gasteiger partial charge on any atom is 0.165 e. The van der Waals surface area contributed by atoms with Crippen molar-refractivity contribution in [1.82, 2.24) is 19.2 Å². The summed E-state index contributed by atoms with van der Waals surface area (Å²) in [6.45, 7) is 1.71. The van der Waals surface area contributed by atoms with Crippen LogP contribution in [0.2, 0.25) is 0 Å².